The summed E-state index contributed by atoms with van der Waals surface area (Å²) in [6, 6.07) is 4.38. The van der Waals surface area contributed by atoms with Crippen LogP contribution >= 0.6 is 15.9 Å². The minimum atomic E-state index is -4.58. The topological polar surface area (TPSA) is 59.8 Å². The number of pyridine rings is 1. The zero-order chi connectivity index (χ0) is 17.2. The molecule has 0 saturated carbocycles. The highest BCUT2D eigenvalue weighted by atomic mass is 79.9. The molecule has 23 heavy (non-hydrogen) atoms. The largest absolute Gasteiger partial charge is 0.436 e. The van der Waals surface area contributed by atoms with Crippen LogP contribution in [0, 0.1) is 6.92 Å². The van der Waals surface area contributed by atoms with Gasteiger partial charge in [-0.3, -0.25) is 14.5 Å². The van der Waals surface area contributed by atoms with Gasteiger partial charge in [-0.15, -0.1) is 0 Å². The van der Waals surface area contributed by atoms with Crippen LogP contribution in [0.1, 0.15) is 30.0 Å². The Kier molecular flexibility index (Phi) is 5.08. The van der Waals surface area contributed by atoms with Crippen molar-refractivity contribution in [2.24, 2.45) is 0 Å². The van der Waals surface area contributed by atoms with E-state index in [4.69, 9.17) is 0 Å². The molecule has 1 N–H and O–H groups in total. The van der Waals surface area contributed by atoms with E-state index in [-0.39, 0.29) is 16.7 Å². The van der Waals surface area contributed by atoms with Crippen LogP contribution in [0.5, 0.6) is 0 Å². The third-order valence-corrected chi connectivity index (χ3v) is 4.21. The lowest BCUT2D eigenvalue weighted by molar-refractivity contribution is -0.142. The Bertz CT molecular complexity index is 700. The maximum absolute atomic E-state index is 12.9. The molecule has 1 amide bonds. The Hall–Kier alpha value is -1.90. The maximum Gasteiger partial charge on any atom is 0.436 e. The monoisotopic (exact) mass is 390 g/mol. The van der Waals surface area contributed by atoms with Crippen LogP contribution in [0.25, 0.3) is 0 Å². The normalized spacial score (nSPS) is 13.0. The fourth-order valence-corrected chi connectivity index (χ4v) is 2.48. The Morgan fingerprint density at radius 2 is 2.13 bits per heavy atom. The van der Waals surface area contributed by atoms with Crippen molar-refractivity contribution in [2.75, 3.05) is 0 Å². The molecule has 0 saturated heterocycles. The Morgan fingerprint density at radius 3 is 2.65 bits per heavy atom. The van der Waals surface area contributed by atoms with Gasteiger partial charge < -0.3 is 5.32 Å². The third kappa shape index (κ3) is 3.90. The summed E-state index contributed by atoms with van der Waals surface area (Å²) in [4.78, 5) is 16.2. The summed E-state index contributed by atoms with van der Waals surface area (Å²) >= 11 is 2.88. The molecule has 0 aliphatic carbocycles. The van der Waals surface area contributed by atoms with Crippen molar-refractivity contribution in [3.63, 3.8) is 0 Å². The number of nitrogens with zero attached hydrogens (tertiary/aromatic N) is 3. The van der Waals surface area contributed by atoms with Crippen molar-refractivity contribution in [2.45, 2.75) is 32.6 Å². The number of hydrogen-bond acceptors (Lipinski definition) is 3. The van der Waals surface area contributed by atoms with Gasteiger partial charge in [0.05, 0.1) is 22.4 Å². The van der Waals surface area contributed by atoms with Crippen molar-refractivity contribution in [1.29, 1.82) is 0 Å². The van der Waals surface area contributed by atoms with E-state index in [0.717, 1.165) is 4.68 Å². The van der Waals surface area contributed by atoms with E-state index in [9.17, 15) is 18.0 Å². The first-order chi connectivity index (χ1) is 10.7. The molecular weight excluding hydrogens is 377 g/mol. The molecular formula is C14H14BrF3N4O. The minimum Gasteiger partial charge on any atom is -0.349 e. The van der Waals surface area contributed by atoms with Crippen LogP contribution in [0.2, 0.25) is 0 Å². The van der Waals surface area contributed by atoms with Gasteiger partial charge in [-0.1, -0.05) is 6.07 Å². The van der Waals surface area contributed by atoms with Gasteiger partial charge in [0, 0.05) is 6.20 Å². The van der Waals surface area contributed by atoms with Crippen LogP contribution in [-0.4, -0.2) is 20.7 Å². The molecule has 0 fully saturated rings. The number of hydrogen-bond donors (Lipinski definition) is 1. The molecule has 0 aliphatic heterocycles. The van der Waals surface area contributed by atoms with Crippen LogP contribution in [0.4, 0.5) is 13.2 Å². The fourth-order valence-electron chi connectivity index (χ4n) is 2.00. The SMILES string of the molecule is Cc1c(Br)c(C(F)(F)F)nn1C(C)C(=O)NCc1ccccn1. The molecule has 1 unspecified atom stereocenters. The van der Waals surface area contributed by atoms with E-state index < -0.39 is 23.8 Å². The van der Waals surface area contributed by atoms with Gasteiger partial charge in [0.25, 0.3) is 0 Å². The highest BCUT2D eigenvalue weighted by Gasteiger charge is 2.38. The second-order valence-electron chi connectivity index (χ2n) is 4.91. The number of aromatic nitrogens is 3. The van der Waals surface area contributed by atoms with Gasteiger partial charge in [0.1, 0.15) is 6.04 Å². The van der Waals surface area contributed by atoms with Crippen molar-refractivity contribution in [3.8, 4) is 0 Å². The molecule has 0 aromatic carbocycles. The molecule has 0 bridgehead atoms. The number of carbonyl (C=O) groups is 1. The fraction of sp³-hybridized carbons (Fsp3) is 0.357. The third-order valence-electron chi connectivity index (χ3n) is 3.26. The first-order valence-electron chi connectivity index (χ1n) is 6.71. The molecule has 2 rings (SSSR count). The second-order valence-corrected chi connectivity index (χ2v) is 5.70. The predicted octanol–water partition coefficient (Wildman–Crippen LogP) is 3.25. The molecule has 2 aromatic rings. The van der Waals surface area contributed by atoms with Gasteiger partial charge >= 0.3 is 6.18 Å². The number of amides is 1. The van der Waals surface area contributed by atoms with Crippen LogP contribution in [0.3, 0.4) is 0 Å². The van der Waals surface area contributed by atoms with Crippen molar-refractivity contribution >= 4 is 21.8 Å². The highest BCUT2D eigenvalue weighted by Crippen LogP contribution is 2.36. The second kappa shape index (κ2) is 6.69. The summed E-state index contributed by atoms with van der Waals surface area (Å²) in [5, 5.41) is 6.16. The summed E-state index contributed by atoms with van der Waals surface area (Å²) in [6.45, 7) is 3.15. The van der Waals surface area contributed by atoms with E-state index in [1.165, 1.54) is 13.8 Å². The zero-order valence-electron chi connectivity index (χ0n) is 12.4. The lowest BCUT2D eigenvalue weighted by atomic mass is 10.3. The molecule has 2 heterocycles. The van der Waals surface area contributed by atoms with Crippen molar-refractivity contribution in [3.05, 3.63) is 46.0 Å². The summed E-state index contributed by atoms with van der Waals surface area (Å²) in [5.41, 5.74) is -0.153. The summed E-state index contributed by atoms with van der Waals surface area (Å²) < 4.78 is 39.5. The van der Waals surface area contributed by atoms with Gasteiger partial charge in [-0.25, -0.2) is 0 Å². The molecule has 1 atom stereocenters. The lowest BCUT2D eigenvalue weighted by Gasteiger charge is -2.14. The number of rotatable bonds is 4. The minimum absolute atomic E-state index is 0.158. The van der Waals surface area contributed by atoms with E-state index in [1.54, 1.807) is 24.4 Å². The van der Waals surface area contributed by atoms with Gasteiger partial charge in [0.15, 0.2) is 5.69 Å². The number of halogens is 4. The zero-order valence-corrected chi connectivity index (χ0v) is 13.9. The Labute approximate surface area is 139 Å². The summed E-state index contributed by atoms with van der Waals surface area (Å²) in [7, 11) is 0. The highest BCUT2D eigenvalue weighted by molar-refractivity contribution is 9.10. The quantitative estimate of drug-likeness (QED) is 0.871. The lowest BCUT2D eigenvalue weighted by Crippen LogP contribution is -2.32. The first-order valence-corrected chi connectivity index (χ1v) is 7.50. The van der Waals surface area contributed by atoms with Crippen LogP contribution in [-0.2, 0) is 17.5 Å². The average Bonchev–Trinajstić information content (AvgIpc) is 2.81. The van der Waals surface area contributed by atoms with Crippen molar-refractivity contribution < 1.29 is 18.0 Å². The Balaban J connectivity index is 2.14. The smallest absolute Gasteiger partial charge is 0.349 e. The molecule has 0 spiro atoms. The maximum atomic E-state index is 12.9. The number of alkyl halides is 3. The molecule has 0 aliphatic rings. The van der Waals surface area contributed by atoms with Gasteiger partial charge in [0.2, 0.25) is 5.91 Å². The summed E-state index contributed by atoms with van der Waals surface area (Å²) in [6.07, 6.45) is -2.99. The molecule has 5 nitrogen and oxygen atoms in total. The number of carbonyl (C=O) groups excluding carboxylic acids is 1. The molecule has 124 valence electrons. The Morgan fingerprint density at radius 1 is 1.43 bits per heavy atom. The van der Waals surface area contributed by atoms with E-state index >= 15 is 0 Å². The van der Waals surface area contributed by atoms with Crippen LogP contribution in [0.15, 0.2) is 28.9 Å². The van der Waals surface area contributed by atoms with E-state index in [0.29, 0.717) is 5.69 Å². The van der Waals surface area contributed by atoms with E-state index in [2.05, 4.69) is 31.3 Å². The van der Waals surface area contributed by atoms with E-state index in [1.807, 2.05) is 0 Å². The first kappa shape index (κ1) is 17.5. The number of nitrogens with one attached hydrogen (secondary N) is 1. The standard InChI is InChI=1S/C14H14BrF3N4O/c1-8-11(15)12(14(16,17)18)21-22(8)9(2)13(23)20-7-10-5-3-4-6-19-10/h3-6,9H,7H2,1-2H3,(H,20,23). The molecule has 2 aromatic heterocycles. The average molecular weight is 391 g/mol. The molecule has 0 radical (unpaired) electrons. The van der Waals surface area contributed by atoms with Gasteiger partial charge in [-0.05, 0) is 41.9 Å². The van der Waals surface area contributed by atoms with Crippen molar-refractivity contribution in [1.82, 2.24) is 20.1 Å². The summed E-state index contributed by atoms with van der Waals surface area (Å²) in [5.74, 6) is -0.442. The predicted molar refractivity (Wildman–Crippen MR) is 80.5 cm³/mol. The van der Waals surface area contributed by atoms with Crippen LogP contribution < -0.4 is 5.32 Å². The van der Waals surface area contributed by atoms with Gasteiger partial charge in [-0.2, -0.15) is 18.3 Å². The molecule has 9 heteroatoms.